The highest BCUT2D eigenvalue weighted by atomic mass is 127. The van der Waals surface area contributed by atoms with Crippen molar-refractivity contribution >= 4 is 29.9 Å². The minimum absolute atomic E-state index is 0. The van der Waals surface area contributed by atoms with Gasteiger partial charge in [0, 0.05) is 38.3 Å². The number of benzene rings is 2. The fraction of sp³-hybridized carbons (Fsp3) is 0.458. The van der Waals surface area contributed by atoms with Gasteiger partial charge in [0.1, 0.15) is 5.75 Å². The van der Waals surface area contributed by atoms with E-state index < -0.39 is 0 Å². The Balaban J connectivity index is 0.00000341. The molecule has 7 heteroatoms. The summed E-state index contributed by atoms with van der Waals surface area (Å²) >= 11 is 0. The molecule has 0 bridgehead atoms. The van der Waals surface area contributed by atoms with E-state index in [1.165, 1.54) is 11.1 Å². The third-order valence-electron chi connectivity index (χ3n) is 5.09. The van der Waals surface area contributed by atoms with Crippen molar-refractivity contribution in [1.82, 2.24) is 15.5 Å². The van der Waals surface area contributed by atoms with E-state index in [2.05, 4.69) is 52.8 Å². The highest BCUT2D eigenvalue weighted by Gasteiger charge is 2.13. The van der Waals surface area contributed by atoms with E-state index >= 15 is 0 Å². The number of nitrogens with one attached hydrogen (secondary N) is 2. The highest BCUT2D eigenvalue weighted by molar-refractivity contribution is 14.0. The third-order valence-corrected chi connectivity index (χ3v) is 5.09. The molecule has 0 saturated carbocycles. The third kappa shape index (κ3) is 8.31. The summed E-state index contributed by atoms with van der Waals surface area (Å²) in [6.45, 7) is 11.4. The first-order valence-electron chi connectivity index (χ1n) is 10.9. The number of hydrogen-bond acceptors (Lipinski definition) is 4. The molecule has 0 spiro atoms. The van der Waals surface area contributed by atoms with Crippen molar-refractivity contribution in [3.8, 4) is 5.75 Å². The Hall–Kier alpha value is -1.84. The van der Waals surface area contributed by atoms with E-state index in [4.69, 9.17) is 14.5 Å². The van der Waals surface area contributed by atoms with Crippen LogP contribution >= 0.6 is 24.0 Å². The van der Waals surface area contributed by atoms with Crippen LogP contribution in [0.1, 0.15) is 30.5 Å². The number of nitrogens with zero attached hydrogens (tertiary/aromatic N) is 2. The summed E-state index contributed by atoms with van der Waals surface area (Å²) in [6.07, 6.45) is 0. The number of morpholine rings is 1. The zero-order valence-corrected chi connectivity index (χ0v) is 20.9. The number of para-hydroxylation sites is 1. The molecule has 0 amide bonds. The summed E-state index contributed by atoms with van der Waals surface area (Å²) < 4.78 is 11.2. The number of hydrogen-bond donors (Lipinski definition) is 2. The minimum atomic E-state index is 0. The first kappa shape index (κ1) is 25.4. The molecule has 31 heavy (non-hydrogen) atoms. The van der Waals surface area contributed by atoms with Crippen LogP contribution in [0.4, 0.5) is 0 Å². The summed E-state index contributed by atoms with van der Waals surface area (Å²) in [5.41, 5.74) is 3.73. The molecule has 0 aliphatic carbocycles. The van der Waals surface area contributed by atoms with Crippen molar-refractivity contribution in [2.75, 3.05) is 39.5 Å². The molecule has 170 valence electrons. The van der Waals surface area contributed by atoms with Crippen molar-refractivity contribution in [2.45, 2.75) is 33.5 Å². The highest BCUT2D eigenvalue weighted by Crippen LogP contribution is 2.19. The lowest BCUT2D eigenvalue weighted by molar-refractivity contribution is 0.0341. The molecule has 1 saturated heterocycles. The predicted molar refractivity (Wildman–Crippen MR) is 137 cm³/mol. The van der Waals surface area contributed by atoms with Gasteiger partial charge in [-0.05, 0) is 31.0 Å². The Morgan fingerprint density at radius 1 is 0.968 bits per heavy atom. The van der Waals surface area contributed by atoms with E-state index in [-0.39, 0.29) is 24.0 Å². The molecule has 0 unspecified atom stereocenters. The van der Waals surface area contributed by atoms with Crippen LogP contribution in [0, 0.1) is 0 Å². The Morgan fingerprint density at radius 3 is 2.35 bits per heavy atom. The van der Waals surface area contributed by atoms with Gasteiger partial charge >= 0.3 is 0 Å². The zero-order chi connectivity index (χ0) is 21.0. The van der Waals surface area contributed by atoms with Crippen molar-refractivity contribution in [2.24, 2.45) is 4.99 Å². The Bertz CT molecular complexity index is 810. The summed E-state index contributed by atoms with van der Waals surface area (Å²) in [4.78, 5) is 7.23. The van der Waals surface area contributed by atoms with E-state index in [0.717, 1.165) is 63.2 Å². The Morgan fingerprint density at radius 2 is 1.65 bits per heavy atom. The van der Waals surface area contributed by atoms with Crippen LogP contribution in [0.3, 0.4) is 0 Å². The monoisotopic (exact) mass is 538 g/mol. The number of halogens is 1. The second-order valence-corrected chi connectivity index (χ2v) is 7.25. The van der Waals surface area contributed by atoms with E-state index in [0.29, 0.717) is 13.2 Å². The van der Waals surface area contributed by atoms with Crippen LogP contribution in [0.25, 0.3) is 0 Å². The van der Waals surface area contributed by atoms with Crippen molar-refractivity contribution in [3.05, 3.63) is 65.2 Å². The molecule has 1 heterocycles. The molecule has 0 atom stereocenters. The fourth-order valence-electron chi connectivity index (χ4n) is 3.50. The van der Waals surface area contributed by atoms with Crippen LogP contribution in [0.15, 0.2) is 53.5 Å². The predicted octanol–water partition coefficient (Wildman–Crippen LogP) is 3.79. The van der Waals surface area contributed by atoms with Crippen LogP contribution in [0.5, 0.6) is 5.75 Å². The number of aliphatic imine (C=N–C) groups is 1. The Labute approximate surface area is 203 Å². The molecule has 1 fully saturated rings. The van der Waals surface area contributed by atoms with Gasteiger partial charge in [-0.1, -0.05) is 42.5 Å². The molecular weight excluding hydrogens is 503 g/mol. The maximum atomic E-state index is 5.72. The van der Waals surface area contributed by atoms with Gasteiger partial charge in [-0.15, -0.1) is 24.0 Å². The SMILES string of the molecule is CCNC(=NCc1ccccc1OCC)NCc1ccccc1CN1CCOCC1.I. The van der Waals surface area contributed by atoms with Gasteiger partial charge in [0.25, 0.3) is 0 Å². The van der Waals surface area contributed by atoms with Gasteiger partial charge in [0.15, 0.2) is 5.96 Å². The lowest BCUT2D eigenvalue weighted by Gasteiger charge is -2.27. The molecule has 2 aromatic carbocycles. The fourth-order valence-corrected chi connectivity index (χ4v) is 3.50. The van der Waals surface area contributed by atoms with Gasteiger partial charge < -0.3 is 20.1 Å². The number of ether oxygens (including phenoxy) is 2. The second-order valence-electron chi connectivity index (χ2n) is 7.25. The van der Waals surface area contributed by atoms with Crippen molar-refractivity contribution in [1.29, 1.82) is 0 Å². The molecule has 1 aliphatic rings. The molecule has 2 aromatic rings. The maximum absolute atomic E-state index is 5.72. The summed E-state index contributed by atoms with van der Waals surface area (Å²) in [5.74, 6) is 1.71. The van der Waals surface area contributed by atoms with E-state index in [1.807, 2.05) is 25.1 Å². The van der Waals surface area contributed by atoms with Gasteiger partial charge in [-0.2, -0.15) is 0 Å². The first-order valence-corrected chi connectivity index (χ1v) is 10.9. The maximum Gasteiger partial charge on any atom is 0.191 e. The average molecular weight is 538 g/mol. The first-order chi connectivity index (χ1) is 14.8. The van der Waals surface area contributed by atoms with Gasteiger partial charge in [-0.25, -0.2) is 4.99 Å². The largest absolute Gasteiger partial charge is 0.494 e. The Kier molecular flexibility index (Phi) is 11.7. The molecule has 3 rings (SSSR count). The zero-order valence-electron chi connectivity index (χ0n) is 18.6. The summed E-state index contributed by atoms with van der Waals surface area (Å²) in [7, 11) is 0. The molecular formula is C24H35IN4O2. The average Bonchev–Trinajstić information content (AvgIpc) is 2.78. The summed E-state index contributed by atoms with van der Waals surface area (Å²) in [6, 6.07) is 16.7. The lowest BCUT2D eigenvalue weighted by Crippen LogP contribution is -2.38. The van der Waals surface area contributed by atoms with Gasteiger partial charge in [0.05, 0.1) is 26.4 Å². The van der Waals surface area contributed by atoms with Crippen LogP contribution in [0.2, 0.25) is 0 Å². The molecule has 1 aliphatic heterocycles. The van der Waals surface area contributed by atoms with E-state index in [1.54, 1.807) is 0 Å². The number of rotatable bonds is 9. The standard InChI is InChI=1S/C24H34N4O2.HI/c1-3-25-24(27-18-21-10-7-8-12-23(21)30-4-2)26-17-20-9-5-6-11-22(20)19-28-13-15-29-16-14-28;/h5-12H,3-4,13-19H2,1-2H3,(H2,25,26,27);1H. The molecule has 0 aromatic heterocycles. The number of guanidine groups is 1. The second kappa shape index (κ2) is 14.3. The van der Waals surface area contributed by atoms with Crippen LogP contribution in [-0.2, 0) is 24.4 Å². The summed E-state index contributed by atoms with van der Waals surface area (Å²) in [5, 5.41) is 6.84. The van der Waals surface area contributed by atoms with Gasteiger partial charge in [0.2, 0.25) is 0 Å². The van der Waals surface area contributed by atoms with Crippen molar-refractivity contribution in [3.63, 3.8) is 0 Å². The van der Waals surface area contributed by atoms with Crippen LogP contribution < -0.4 is 15.4 Å². The molecule has 2 N–H and O–H groups in total. The molecule has 6 nitrogen and oxygen atoms in total. The lowest BCUT2D eigenvalue weighted by atomic mass is 10.1. The molecule has 0 radical (unpaired) electrons. The smallest absolute Gasteiger partial charge is 0.191 e. The van der Waals surface area contributed by atoms with Gasteiger partial charge in [-0.3, -0.25) is 4.90 Å². The normalized spacial score (nSPS) is 14.6. The topological polar surface area (TPSA) is 58.1 Å². The van der Waals surface area contributed by atoms with E-state index in [9.17, 15) is 0 Å². The quantitative estimate of drug-likeness (QED) is 0.289. The van der Waals surface area contributed by atoms with Crippen molar-refractivity contribution < 1.29 is 9.47 Å². The van der Waals surface area contributed by atoms with Crippen LogP contribution in [-0.4, -0.2) is 50.3 Å². The minimum Gasteiger partial charge on any atom is -0.494 e.